The lowest BCUT2D eigenvalue weighted by molar-refractivity contribution is -0.143. The Hall–Kier alpha value is -3.16. The first-order valence-electron chi connectivity index (χ1n) is 9.36. The molecule has 0 unspecified atom stereocenters. The third-order valence-electron chi connectivity index (χ3n) is 4.88. The van der Waals surface area contributed by atoms with Crippen LogP contribution in [0.4, 0.5) is 26.3 Å². The van der Waals surface area contributed by atoms with Crippen LogP contribution in [0, 0.1) is 0 Å². The van der Waals surface area contributed by atoms with Gasteiger partial charge in [0.25, 0.3) is 5.91 Å². The quantitative estimate of drug-likeness (QED) is 0.659. The summed E-state index contributed by atoms with van der Waals surface area (Å²) >= 11 is 0. The lowest BCUT2D eigenvalue weighted by Crippen LogP contribution is -2.46. The number of nitrogens with two attached hydrogens (primary N) is 1. The molecule has 0 spiro atoms. The van der Waals surface area contributed by atoms with Crippen molar-refractivity contribution in [3.05, 3.63) is 41.3 Å². The van der Waals surface area contributed by atoms with Gasteiger partial charge in [-0.15, -0.1) is 0 Å². The zero-order valence-corrected chi connectivity index (χ0v) is 16.4. The highest BCUT2D eigenvalue weighted by molar-refractivity contribution is 5.95. The minimum absolute atomic E-state index is 0.0474. The highest BCUT2D eigenvalue weighted by Gasteiger charge is 2.41. The molecule has 1 saturated heterocycles. The maximum Gasteiger partial charge on any atom is 0.434 e. The molecule has 1 fully saturated rings. The van der Waals surface area contributed by atoms with Crippen molar-refractivity contribution in [1.29, 1.82) is 0 Å². The smallest absolute Gasteiger partial charge is 0.369 e. The van der Waals surface area contributed by atoms with Gasteiger partial charge in [0.2, 0.25) is 5.91 Å². The summed E-state index contributed by atoms with van der Waals surface area (Å²) in [5, 5.41) is 6.05. The number of hydrogen-bond acceptors (Lipinski definition) is 5. The largest absolute Gasteiger partial charge is 0.434 e. The second kappa shape index (κ2) is 8.76. The van der Waals surface area contributed by atoms with E-state index in [-0.39, 0.29) is 11.2 Å². The number of pyridine rings is 1. The van der Waals surface area contributed by atoms with Gasteiger partial charge in [-0.05, 0) is 25.0 Å². The van der Waals surface area contributed by atoms with Crippen molar-refractivity contribution < 1.29 is 35.9 Å². The van der Waals surface area contributed by atoms with Gasteiger partial charge in [-0.3, -0.25) is 14.5 Å². The Morgan fingerprint density at radius 3 is 2.22 bits per heavy atom. The van der Waals surface area contributed by atoms with Gasteiger partial charge in [0.05, 0.1) is 23.9 Å². The van der Waals surface area contributed by atoms with Crippen molar-refractivity contribution in [3.8, 4) is 5.82 Å². The van der Waals surface area contributed by atoms with Crippen molar-refractivity contribution in [2.75, 3.05) is 19.6 Å². The Morgan fingerprint density at radius 1 is 1.06 bits per heavy atom. The standard InChI is InChI=1S/C18H18F6N6O2/c19-17(20,21)10-1-2-14(26-7-10)30-15(18(22,23)24)12(8-27-30)16(32)28-11-3-5-29(6-4-11)9-13(25)31/h1-2,7-8,11H,3-6,9H2,(H2,25,31)(H,28,32). The third kappa shape index (κ3) is 5.36. The minimum atomic E-state index is -5.03. The molecule has 0 aliphatic carbocycles. The van der Waals surface area contributed by atoms with Crippen molar-refractivity contribution in [1.82, 2.24) is 25.0 Å². The van der Waals surface area contributed by atoms with Gasteiger partial charge in [0, 0.05) is 25.3 Å². The molecule has 1 aliphatic rings. The van der Waals surface area contributed by atoms with E-state index >= 15 is 0 Å². The number of primary amides is 1. The number of nitrogens with zero attached hydrogens (tertiary/aromatic N) is 4. The molecular weight excluding hydrogens is 446 g/mol. The van der Waals surface area contributed by atoms with E-state index in [4.69, 9.17) is 5.73 Å². The van der Waals surface area contributed by atoms with Crippen molar-refractivity contribution >= 4 is 11.8 Å². The summed E-state index contributed by atoms with van der Waals surface area (Å²) in [7, 11) is 0. The van der Waals surface area contributed by atoms with E-state index in [1.165, 1.54) is 0 Å². The normalized spacial score (nSPS) is 16.2. The molecule has 3 N–H and O–H groups in total. The Morgan fingerprint density at radius 2 is 1.72 bits per heavy atom. The first-order valence-corrected chi connectivity index (χ1v) is 9.36. The summed E-state index contributed by atoms with van der Waals surface area (Å²) < 4.78 is 79.5. The first-order chi connectivity index (χ1) is 14.9. The fraction of sp³-hybridized carbons (Fsp3) is 0.444. The molecule has 1 aliphatic heterocycles. The lowest BCUT2D eigenvalue weighted by Gasteiger charge is -2.31. The maximum absolute atomic E-state index is 13.7. The lowest BCUT2D eigenvalue weighted by atomic mass is 10.0. The van der Waals surface area contributed by atoms with Gasteiger partial charge < -0.3 is 11.1 Å². The highest BCUT2D eigenvalue weighted by Crippen LogP contribution is 2.34. The van der Waals surface area contributed by atoms with Gasteiger partial charge in [-0.25, -0.2) is 9.67 Å². The molecule has 174 valence electrons. The number of hydrogen-bond donors (Lipinski definition) is 2. The predicted octanol–water partition coefficient (Wildman–Crippen LogP) is 1.98. The maximum atomic E-state index is 13.7. The van der Waals surface area contributed by atoms with Crippen LogP contribution in [0.5, 0.6) is 0 Å². The second-order valence-electron chi connectivity index (χ2n) is 7.21. The van der Waals surface area contributed by atoms with Crippen LogP contribution in [0.15, 0.2) is 24.5 Å². The van der Waals surface area contributed by atoms with E-state index in [2.05, 4.69) is 15.4 Å². The van der Waals surface area contributed by atoms with Crippen molar-refractivity contribution in [2.24, 2.45) is 5.73 Å². The molecule has 3 heterocycles. The molecule has 0 aromatic carbocycles. The van der Waals surface area contributed by atoms with Crippen LogP contribution in [-0.4, -0.2) is 57.2 Å². The number of alkyl halides is 6. The number of halogens is 6. The van der Waals surface area contributed by atoms with Gasteiger partial charge in [-0.1, -0.05) is 0 Å². The topological polar surface area (TPSA) is 106 Å². The molecule has 0 radical (unpaired) electrons. The second-order valence-corrected chi connectivity index (χ2v) is 7.21. The number of aromatic nitrogens is 3. The Kier molecular flexibility index (Phi) is 6.44. The number of carbonyl (C=O) groups excluding carboxylic acids is 2. The monoisotopic (exact) mass is 464 g/mol. The van der Waals surface area contributed by atoms with E-state index in [0.717, 1.165) is 6.07 Å². The molecule has 2 amide bonds. The Bertz CT molecular complexity index is 977. The Balaban J connectivity index is 1.80. The summed E-state index contributed by atoms with van der Waals surface area (Å²) in [6.07, 6.45) is -7.86. The van der Waals surface area contributed by atoms with Crippen LogP contribution in [0.3, 0.4) is 0 Å². The fourth-order valence-corrected chi connectivity index (χ4v) is 3.36. The summed E-state index contributed by atoms with van der Waals surface area (Å²) in [5.74, 6) is -2.06. The summed E-state index contributed by atoms with van der Waals surface area (Å²) in [5.41, 5.74) is 1.76. The number of piperidine rings is 1. The van der Waals surface area contributed by atoms with Crippen LogP contribution in [0.1, 0.15) is 34.5 Å². The highest BCUT2D eigenvalue weighted by atomic mass is 19.4. The van der Waals surface area contributed by atoms with E-state index < -0.39 is 52.8 Å². The number of rotatable bonds is 5. The summed E-state index contributed by atoms with van der Waals surface area (Å²) in [6.45, 7) is 0.898. The van der Waals surface area contributed by atoms with Gasteiger partial charge in [-0.2, -0.15) is 31.4 Å². The van der Waals surface area contributed by atoms with E-state index in [0.29, 0.717) is 44.4 Å². The van der Waals surface area contributed by atoms with Gasteiger partial charge in [0.15, 0.2) is 11.5 Å². The molecule has 0 saturated carbocycles. The zero-order chi connectivity index (χ0) is 23.7. The molecule has 0 bridgehead atoms. The molecule has 8 nitrogen and oxygen atoms in total. The molecule has 2 aromatic rings. The SMILES string of the molecule is NC(=O)CN1CCC(NC(=O)c2cnn(-c3ccc(C(F)(F)F)cn3)c2C(F)(F)F)CC1. The third-order valence-corrected chi connectivity index (χ3v) is 4.88. The molecule has 0 atom stereocenters. The van der Waals surface area contributed by atoms with Crippen molar-refractivity contribution in [3.63, 3.8) is 0 Å². The first kappa shape index (κ1) is 23.5. The molecular formula is C18H18F6N6O2. The van der Waals surface area contributed by atoms with Crippen LogP contribution in [-0.2, 0) is 17.1 Å². The van der Waals surface area contributed by atoms with Crippen LogP contribution in [0.2, 0.25) is 0 Å². The molecule has 2 aromatic heterocycles. The van der Waals surface area contributed by atoms with Gasteiger partial charge in [0.1, 0.15) is 0 Å². The van der Waals surface area contributed by atoms with E-state index in [1.54, 1.807) is 4.90 Å². The van der Waals surface area contributed by atoms with Crippen LogP contribution < -0.4 is 11.1 Å². The zero-order valence-electron chi connectivity index (χ0n) is 16.4. The average Bonchev–Trinajstić information content (AvgIpc) is 3.14. The number of likely N-dealkylation sites (tertiary alicyclic amines) is 1. The Labute approximate surface area is 177 Å². The molecule has 32 heavy (non-hydrogen) atoms. The van der Waals surface area contributed by atoms with Crippen LogP contribution >= 0.6 is 0 Å². The van der Waals surface area contributed by atoms with E-state index in [9.17, 15) is 35.9 Å². The summed E-state index contributed by atoms with van der Waals surface area (Å²) in [6, 6.07) is 0.880. The number of carbonyl (C=O) groups is 2. The number of amides is 2. The molecule has 3 rings (SSSR count). The molecule has 14 heteroatoms. The van der Waals surface area contributed by atoms with Crippen LogP contribution in [0.25, 0.3) is 5.82 Å². The fourth-order valence-electron chi connectivity index (χ4n) is 3.36. The minimum Gasteiger partial charge on any atom is -0.369 e. The average molecular weight is 464 g/mol. The summed E-state index contributed by atoms with van der Waals surface area (Å²) in [4.78, 5) is 28.7. The van der Waals surface area contributed by atoms with Gasteiger partial charge >= 0.3 is 12.4 Å². The van der Waals surface area contributed by atoms with Crippen molar-refractivity contribution in [2.45, 2.75) is 31.2 Å². The van der Waals surface area contributed by atoms with E-state index in [1.807, 2.05) is 0 Å². The predicted molar refractivity (Wildman–Crippen MR) is 97.5 cm³/mol. The number of nitrogens with one attached hydrogen (secondary N) is 1.